The van der Waals surface area contributed by atoms with Crippen molar-refractivity contribution in [2.24, 2.45) is 5.92 Å². The Bertz CT molecular complexity index is 994. The fourth-order valence-electron chi connectivity index (χ4n) is 5.58. The lowest BCUT2D eigenvalue weighted by atomic mass is 9.55. The van der Waals surface area contributed by atoms with Crippen LogP contribution >= 0.6 is 0 Å². The summed E-state index contributed by atoms with van der Waals surface area (Å²) in [5.74, 6) is 0.870. The van der Waals surface area contributed by atoms with Gasteiger partial charge in [0.15, 0.2) is 5.78 Å². The van der Waals surface area contributed by atoms with Gasteiger partial charge in [-0.05, 0) is 80.4 Å². The van der Waals surface area contributed by atoms with E-state index in [1.54, 1.807) is 25.1 Å². The second-order valence-electron chi connectivity index (χ2n) is 9.81. The van der Waals surface area contributed by atoms with E-state index in [4.69, 9.17) is 0 Å². The van der Waals surface area contributed by atoms with Gasteiger partial charge >= 0.3 is 0 Å². The number of allylic oxidation sites excluding steroid dienone is 3. The quantitative estimate of drug-likeness (QED) is 0.446. The van der Waals surface area contributed by atoms with E-state index < -0.39 is 11.0 Å². The Balaban J connectivity index is 1.86. The lowest BCUT2D eigenvalue weighted by Crippen LogP contribution is -2.58. The smallest absolute Gasteiger partial charge is 0.211 e. The Morgan fingerprint density at radius 3 is 2.66 bits per heavy atom. The van der Waals surface area contributed by atoms with Crippen molar-refractivity contribution in [1.29, 1.82) is 0 Å². The number of carbonyl (C=O) groups excluding carboxylic acids is 2. The van der Waals surface area contributed by atoms with Gasteiger partial charge in [-0.2, -0.15) is 0 Å². The molecule has 3 aliphatic rings. The van der Waals surface area contributed by atoms with E-state index >= 15 is 0 Å². The highest BCUT2D eigenvalue weighted by Crippen LogP contribution is 2.57. The molecule has 2 aliphatic carbocycles. The van der Waals surface area contributed by atoms with Crippen molar-refractivity contribution >= 4 is 17.9 Å². The van der Waals surface area contributed by atoms with Gasteiger partial charge < -0.3 is 20.4 Å². The number of hydrogen-bond acceptors (Lipinski definition) is 5. The number of nitrogens with one attached hydrogen (secondary N) is 1. The minimum atomic E-state index is -1.07. The molecule has 1 fully saturated rings. The lowest BCUT2D eigenvalue weighted by Gasteiger charge is -2.55. The van der Waals surface area contributed by atoms with Crippen LogP contribution in [0.4, 0.5) is 5.69 Å². The average molecular weight is 439 g/mol. The molecule has 1 aromatic carbocycles. The molecular weight excluding hydrogens is 404 g/mol. The zero-order valence-corrected chi connectivity index (χ0v) is 19.3. The van der Waals surface area contributed by atoms with Crippen molar-refractivity contribution in [2.45, 2.75) is 70.3 Å². The minimum Gasteiger partial charge on any atom is -0.508 e. The first kappa shape index (κ1) is 22.6. The fourth-order valence-corrected chi connectivity index (χ4v) is 5.58. The number of carbonyl (C=O) groups is 2. The molecule has 6 heteroatoms. The second-order valence-corrected chi connectivity index (χ2v) is 9.81. The first-order valence-electron chi connectivity index (χ1n) is 11.7. The van der Waals surface area contributed by atoms with E-state index in [1.165, 1.54) is 19.8 Å². The average Bonchev–Trinajstić information content (AvgIpc) is 3.57. The Labute approximate surface area is 190 Å². The number of anilines is 1. The van der Waals surface area contributed by atoms with E-state index in [0.29, 0.717) is 31.2 Å². The third kappa shape index (κ3) is 3.85. The molecule has 0 aromatic heterocycles. The van der Waals surface area contributed by atoms with E-state index in [-0.39, 0.29) is 11.5 Å². The van der Waals surface area contributed by atoms with Crippen LogP contribution in [-0.2, 0) is 15.0 Å². The number of nitrogens with zero attached hydrogens (tertiary/aromatic N) is 1. The molecule has 2 unspecified atom stereocenters. The number of aromatic hydroxyl groups is 1. The molecule has 6 nitrogen and oxygen atoms in total. The summed E-state index contributed by atoms with van der Waals surface area (Å²) in [5, 5.41) is 25.4. The maximum absolute atomic E-state index is 12.1. The molecule has 172 valence electrons. The van der Waals surface area contributed by atoms with Gasteiger partial charge in [0, 0.05) is 42.7 Å². The number of hydrogen-bond donors (Lipinski definition) is 3. The van der Waals surface area contributed by atoms with Gasteiger partial charge in [-0.1, -0.05) is 13.0 Å². The third-order valence-corrected chi connectivity index (χ3v) is 7.82. The molecule has 32 heavy (non-hydrogen) atoms. The van der Waals surface area contributed by atoms with Crippen LogP contribution in [0, 0.1) is 5.92 Å². The van der Waals surface area contributed by atoms with Crippen molar-refractivity contribution in [1.82, 2.24) is 5.32 Å². The Morgan fingerprint density at radius 1 is 1.28 bits per heavy atom. The Morgan fingerprint density at radius 2 is 2.03 bits per heavy atom. The normalized spacial score (nSPS) is 28.0. The van der Waals surface area contributed by atoms with Crippen LogP contribution < -0.4 is 10.2 Å². The SMILES string of the molecule is CCC1(O)CC(/C=C(\C)C(C)=O)=C(NC=O)CC12CCN(CC1CC1)c1ccc(O)cc12. The number of aliphatic hydroxyl groups is 1. The van der Waals surface area contributed by atoms with Gasteiger partial charge in [0.2, 0.25) is 6.41 Å². The molecule has 1 aliphatic heterocycles. The molecule has 0 radical (unpaired) electrons. The first-order chi connectivity index (χ1) is 15.2. The van der Waals surface area contributed by atoms with Crippen LogP contribution in [-0.4, -0.2) is 41.1 Å². The predicted molar refractivity (Wildman–Crippen MR) is 124 cm³/mol. The summed E-state index contributed by atoms with van der Waals surface area (Å²) in [6, 6.07) is 5.49. The highest BCUT2D eigenvalue weighted by molar-refractivity contribution is 5.93. The topological polar surface area (TPSA) is 89.9 Å². The summed E-state index contributed by atoms with van der Waals surface area (Å²) in [5.41, 5.74) is 2.44. The summed E-state index contributed by atoms with van der Waals surface area (Å²) < 4.78 is 0. The first-order valence-corrected chi connectivity index (χ1v) is 11.7. The highest BCUT2D eigenvalue weighted by atomic mass is 16.3. The highest BCUT2D eigenvalue weighted by Gasteiger charge is 2.56. The molecule has 4 rings (SSSR count). The maximum Gasteiger partial charge on any atom is 0.211 e. The largest absolute Gasteiger partial charge is 0.508 e. The third-order valence-electron chi connectivity index (χ3n) is 7.82. The van der Waals surface area contributed by atoms with E-state index in [2.05, 4.69) is 10.2 Å². The van der Waals surface area contributed by atoms with Gasteiger partial charge in [-0.3, -0.25) is 9.59 Å². The predicted octanol–water partition coefficient (Wildman–Crippen LogP) is 3.72. The number of Topliss-reactive ketones (excluding diaryl/α,β-unsaturated/α-hetero) is 1. The number of rotatable bonds is 7. The van der Waals surface area contributed by atoms with Crippen LogP contribution in [0.1, 0.15) is 64.9 Å². The van der Waals surface area contributed by atoms with E-state index in [0.717, 1.165) is 47.9 Å². The molecule has 0 bridgehead atoms. The van der Waals surface area contributed by atoms with Crippen molar-refractivity contribution in [2.75, 3.05) is 18.0 Å². The van der Waals surface area contributed by atoms with Crippen LogP contribution in [0.3, 0.4) is 0 Å². The minimum absolute atomic E-state index is 0.0352. The summed E-state index contributed by atoms with van der Waals surface area (Å²) in [6.45, 7) is 7.08. The van der Waals surface area contributed by atoms with Crippen LogP contribution in [0.5, 0.6) is 5.75 Å². The lowest BCUT2D eigenvalue weighted by molar-refractivity contribution is -0.113. The summed E-state index contributed by atoms with van der Waals surface area (Å²) >= 11 is 0. The molecule has 1 amide bonds. The number of ketones is 1. The summed E-state index contributed by atoms with van der Waals surface area (Å²) in [6.07, 6.45) is 7.02. The van der Waals surface area contributed by atoms with Crippen LogP contribution in [0.25, 0.3) is 0 Å². The van der Waals surface area contributed by atoms with Gasteiger partial charge in [0.05, 0.1) is 5.60 Å². The Kier molecular flexibility index (Phi) is 5.93. The van der Waals surface area contributed by atoms with Crippen molar-refractivity contribution in [3.63, 3.8) is 0 Å². The van der Waals surface area contributed by atoms with E-state index in [9.17, 15) is 19.8 Å². The van der Waals surface area contributed by atoms with Crippen LogP contribution in [0.2, 0.25) is 0 Å². The number of fused-ring (bicyclic) bond motifs is 2. The number of benzene rings is 1. The molecule has 0 saturated heterocycles. The fraction of sp³-hybridized carbons (Fsp3) is 0.538. The number of amides is 1. The van der Waals surface area contributed by atoms with Gasteiger partial charge in [-0.25, -0.2) is 0 Å². The maximum atomic E-state index is 12.1. The molecule has 2 atom stereocenters. The number of phenols is 1. The summed E-state index contributed by atoms with van der Waals surface area (Å²) in [7, 11) is 0. The zero-order chi connectivity index (χ0) is 23.1. The molecule has 3 N–H and O–H groups in total. The van der Waals surface area contributed by atoms with Gasteiger partial charge in [0.1, 0.15) is 5.75 Å². The van der Waals surface area contributed by atoms with Gasteiger partial charge in [-0.15, -0.1) is 0 Å². The summed E-state index contributed by atoms with van der Waals surface area (Å²) in [4.78, 5) is 25.7. The van der Waals surface area contributed by atoms with E-state index in [1.807, 2.05) is 13.0 Å². The standard InChI is InChI=1S/C26H34N2O4/c1-4-26(32)13-20(11-17(2)18(3)30)23(27-16-29)14-25(26)9-10-28(15-19-5-6-19)24-8-7-21(31)12-22(24)25/h7-8,11-12,16,19,31-32H,4-6,9-10,13-15H2,1-3H3,(H,27,29)/b17-11+. The monoisotopic (exact) mass is 438 g/mol. The molecule has 1 aromatic rings. The molecule has 1 saturated carbocycles. The second kappa shape index (κ2) is 8.39. The van der Waals surface area contributed by atoms with Crippen molar-refractivity contribution in [3.8, 4) is 5.75 Å². The molecular formula is C26H34N2O4. The molecule has 1 heterocycles. The van der Waals surface area contributed by atoms with Crippen LogP contribution in [0.15, 0.2) is 41.1 Å². The number of phenolic OH excluding ortho intramolecular Hbond substituents is 1. The van der Waals surface area contributed by atoms with Gasteiger partial charge in [0.25, 0.3) is 0 Å². The zero-order valence-electron chi connectivity index (χ0n) is 19.3. The Hall–Kier alpha value is -2.60. The van der Waals surface area contributed by atoms with Crippen molar-refractivity contribution < 1.29 is 19.8 Å². The van der Waals surface area contributed by atoms with Crippen molar-refractivity contribution in [3.05, 3.63) is 46.7 Å². The molecule has 1 spiro atoms.